The van der Waals surface area contributed by atoms with Crippen LogP contribution in [0.1, 0.15) is 18.7 Å². The van der Waals surface area contributed by atoms with E-state index in [2.05, 4.69) is 20.2 Å². The number of nitrogens with one attached hydrogen (secondary N) is 1. The van der Waals surface area contributed by atoms with Gasteiger partial charge in [-0.05, 0) is 13.0 Å². The molecule has 6 heteroatoms. The van der Waals surface area contributed by atoms with Crippen molar-refractivity contribution in [1.82, 2.24) is 20.2 Å². The lowest BCUT2D eigenvalue weighted by atomic mass is 10.2. The maximum atomic E-state index is 10.7. The maximum absolute atomic E-state index is 10.7. The number of imidazole rings is 1. The largest absolute Gasteiger partial charge is 0.481 e. The monoisotopic (exact) mass is 192 g/mol. The van der Waals surface area contributed by atoms with Gasteiger partial charge in [0.1, 0.15) is 11.7 Å². The number of fused-ring (bicyclic) bond motifs is 1. The summed E-state index contributed by atoms with van der Waals surface area (Å²) in [5, 5.41) is 16.2. The Labute approximate surface area is 79.0 Å². The molecule has 0 bridgehead atoms. The van der Waals surface area contributed by atoms with Gasteiger partial charge in [0.15, 0.2) is 5.65 Å². The van der Waals surface area contributed by atoms with Gasteiger partial charge < -0.3 is 10.1 Å². The lowest BCUT2D eigenvalue weighted by Gasteiger charge is -1.99. The van der Waals surface area contributed by atoms with Crippen LogP contribution in [0.4, 0.5) is 0 Å². The molecule has 2 aromatic heterocycles. The van der Waals surface area contributed by atoms with E-state index in [-0.39, 0.29) is 0 Å². The van der Waals surface area contributed by atoms with E-state index in [9.17, 15) is 4.79 Å². The SMILES string of the molecule is CC(C(=O)O)c1nc2nnccc2[nH]1. The molecule has 2 aromatic rings. The molecule has 14 heavy (non-hydrogen) atoms. The molecule has 0 fully saturated rings. The number of hydrogen-bond donors (Lipinski definition) is 2. The average molecular weight is 192 g/mol. The van der Waals surface area contributed by atoms with Crippen molar-refractivity contribution in [2.75, 3.05) is 0 Å². The molecule has 0 aliphatic rings. The molecular formula is C8H8N4O2. The van der Waals surface area contributed by atoms with Gasteiger partial charge in [-0.1, -0.05) is 0 Å². The Morgan fingerprint density at radius 1 is 1.64 bits per heavy atom. The van der Waals surface area contributed by atoms with E-state index in [0.717, 1.165) is 0 Å². The maximum Gasteiger partial charge on any atom is 0.313 e. The number of carbonyl (C=O) groups is 1. The van der Waals surface area contributed by atoms with Gasteiger partial charge in [-0.25, -0.2) is 4.98 Å². The lowest BCUT2D eigenvalue weighted by molar-refractivity contribution is -0.138. The topological polar surface area (TPSA) is 91.8 Å². The second-order valence-electron chi connectivity index (χ2n) is 2.95. The first-order valence-corrected chi connectivity index (χ1v) is 4.08. The van der Waals surface area contributed by atoms with Crippen molar-refractivity contribution in [3.8, 4) is 0 Å². The lowest BCUT2D eigenvalue weighted by Crippen LogP contribution is -2.08. The van der Waals surface area contributed by atoms with Crippen LogP contribution in [0, 0.1) is 0 Å². The second kappa shape index (κ2) is 3.06. The first-order chi connectivity index (χ1) is 6.68. The van der Waals surface area contributed by atoms with E-state index in [1.54, 1.807) is 13.0 Å². The van der Waals surface area contributed by atoms with Crippen LogP contribution in [0.2, 0.25) is 0 Å². The summed E-state index contributed by atoms with van der Waals surface area (Å²) in [6.45, 7) is 1.56. The number of carboxylic acid groups (broad SMARTS) is 1. The molecule has 2 rings (SSSR count). The summed E-state index contributed by atoms with van der Waals surface area (Å²) < 4.78 is 0. The van der Waals surface area contributed by atoms with Crippen molar-refractivity contribution in [3.05, 3.63) is 18.1 Å². The number of hydrogen-bond acceptors (Lipinski definition) is 4. The average Bonchev–Trinajstić information content (AvgIpc) is 2.59. The van der Waals surface area contributed by atoms with Crippen LogP contribution in [0.15, 0.2) is 12.3 Å². The van der Waals surface area contributed by atoms with E-state index in [4.69, 9.17) is 5.11 Å². The van der Waals surface area contributed by atoms with Gasteiger partial charge in [0.25, 0.3) is 0 Å². The third kappa shape index (κ3) is 1.30. The van der Waals surface area contributed by atoms with Gasteiger partial charge in [-0.15, -0.1) is 5.10 Å². The molecule has 0 aromatic carbocycles. The summed E-state index contributed by atoms with van der Waals surface area (Å²) in [6, 6.07) is 1.70. The number of aliphatic carboxylic acids is 1. The van der Waals surface area contributed by atoms with Crippen molar-refractivity contribution < 1.29 is 9.90 Å². The summed E-state index contributed by atoms with van der Waals surface area (Å²) >= 11 is 0. The van der Waals surface area contributed by atoms with Crippen LogP contribution < -0.4 is 0 Å². The number of nitrogens with zero attached hydrogens (tertiary/aromatic N) is 3. The quantitative estimate of drug-likeness (QED) is 0.724. The Kier molecular flexibility index (Phi) is 1.88. The van der Waals surface area contributed by atoms with Gasteiger partial charge in [-0.3, -0.25) is 4.79 Å². The highest BCUT2D eigenvalue weighted by atomic mass is 16.4. The fourth-order valence-corrected chi connectivity index (χ4v) is 1.11. The number of H-pyrrole nitrogens is 1. The molecule has 0 saturated carbocycles. The molecule has 0 spiro atoms. The van der Waals surface area contributed by atoms with E-state index in [1.165, 1.54) is 6.20 Å². The van der Waals surface area contributed by atoms with Crippen LogP contribution >= 0.6 is 0 Å². The third-order valence-electron chi connectivity index (χ3n) is 1.97. The summed E-state index contributed by atoms with van der Waals surface area (Å²) in [7, 11) is 0. The first kappa shape index (κ1) is 8.61. The molecule has 2 N–H and O–H groups in total. The molecule has 1 unspecified atom stereocenters. The zero-order valence-corrected chi connectivity index (χ0v) is 7.43. The second-order valence-corrected chi connectivity index (χ2v) is 2.95. The molecule has 0 radical (unpaired) electrons. The molecule has 6 nitrogen and oxygen atoms in total. The van der Waals surface area contributed by atoms with Crippen LogP contribution in [-0.4, -0.2) is 31.2 Å². The van der Waals surface area contributed by atoms with Crippen LogP contribution in [-0.2, 0) is 4.79 Å². The zero-order chi connectivity index (χ0) is 10.1. The van der Waals surface area contributed by atoms with Gasteiger partial charge in [0.05, 0.1) is 11.7 Å². The fourth-order valence-electron chi connectivity index (χ4n) is 1.11. The number of carboxylic acids is 1. The van der Waals surface area contributed by atoms with Gasteiger partial charge >= 0.3 is 5.97 Å². The Morgan fingerprint density at radius 3 is 3.07 bits per heavy atom. The van der Waals surface area contributed by atoms with E-state index in [0.29, 0.717) is 17.0 Å². The molecule has 0 amide bonds. The van der Waals surface area contributed by atoms with E-state index in [1.807, 2.05) is 0 Å². The predicted molar refractivity (Wildman–Crippen MR) is 47.7 cm³/mol. The molecule has 72 valence electrons. The van der Waals surface area contributed by atoms with Crippen LogP contribution in [0.3, 0.4) is 0 Å². The molecule has 0 saturated heterocycles. The van der Waals surface area contributed by atoms with Crippen molar-refractivity contribution in [2.45, 2.75) is 12.8 Å². The minimum absolute atomic E-state index is 0.396. The van der Waals surface area contributed by atoms with Gasteiger partial charge in [0.2, 0.25) is 0 Å². The standard InChI is InChI=1S/C8H8N4O2/c1-4(8(13)14)6-10-5-2-3-9-12-7(5)11-6/h2-4H,1H3,(H,13,14)(H,10,11,12). The van der Waals surface area contributed by atoms with Gasteiger partial charge in [-0.2, -0.15) is 5.10 Å². The summed E-state index contributed by atoms with van der Waals surface area (Å²) in [6.07, 6.45) is 1.52. The van der Waals surface area contributed by atoms with Crippen molar-refractivity contribution in [3.63, 3.8) is 0 Å². The number of aromatic nitrogens is 4. The Bertz CT molecular complexity index is 446. The van der Waals surface area contributed by atoms with Crippen LogP contribution in [0.25, 0.3) is 11.2 Å². The molecule has 0 aliphatic carbocycles. The number of rotatable bonds is 2. The fraction of sp³-hybridized carbons (Fsp3) is 0.250. The van der Waals surface area contributed by atoms with Crippen LogP contribution in [0.5, 0.6) is 0 Å². The minimum Gasteiger partial charge on any atom is -0.481 e. The minimum atomic E-state index is -0.919. The smallest absolute Gasteiger partial charge is 0.313 e. The normalized spacial score (nSPS) is 12.9. The highest BCUT2D eigenvalue weighted by Gasteiger charge is 2.17. The highest BCUT2D eigenvalue weighted by molar-refractivity contribution is 5.77. The molecule has 1 atom stereocenters. The summed E-state index contributed by atoms with van der Waals surface area (Å²) in [5.41, 5.74) is 1.14. The first-order valence-electron chi connectivity index (χ1n) is 4.08. The molecular weight excluding hydrogens is 184 g/mol. The highest BCUT2D eigenvalue weighted by Crippen LogP contribution is 2.14. The Morgan fingerprint density at radius 2 is 2.43 bits per heavy atom. The molecule has 0 aliphatic heterocycles. The third-order valence-corrected chi connectivity index (χ3v) is 1.97. The predicted octanol–water partition coefficient (Wildman–Crippen LogP) is 0.541. The van der Waals surface area contributed by atoms with E-state index >= 15 is 0 Å². The number of aromatic amines is 1. The van der Waals surface area contributed by atoms with Crippen molar-refractivity contribution in [1.29, 1.82) is 0 Å². The Hall–Kier alpha value is -1.98. The summed E-state index contributed by atoms with van der Waals surface area (Å²) in [4.78, 5) is 17.6. The van der Waals surface area contributed by atoms with E-state index < -0.39 is 11.9 Å². The summed E-state index contributed by atoms with van der Waals surface area (Å²) in [5.74, 6) is -1.19. The Balaban J connectivity index is 2.50. The molecule has 2 heterocycles. The van der Waals surface area contributed by atoms with Crippen molar-refractivity contribution in [2.24, 2.45) is 0 Å². The van der Waals surface area contributed by atoms with Gasteiger partial charge in [0, 0.05) is 0 Å². The van der Waals surface area contributed by atoms with Crippen molar-refractivity contribution >= 4 is 17.1 Å². The zero-order valence-electron chi connectivity index (χ0n) is 7.43.